The fourth-order valence-electron chi connectivity index (χ4n) is 4.35. The molecule has 7 heteroatoms. The molecule has 2 aliphatic heterocycles. The van der Waals surface area contributed by atoms with Crippen molar-refractivity contribution in [2.75, 3.05) is 34.1 Å². The van der Waals surface area contributed by atoms with Gasteiger partial charge in [0.25, 0.3) is 0 Å². The number of hydrogen-bond acceptors (Lipinski definition) is 7. The van der Waals surface area contributed by atoms with Crippen molar-refractivity contribution in [2.45, 2.75) is 25.5 Å². The van der Waals surface area contributed by atoms with Crippen LogP contribution in [0.15, 0.2) is 45.6 Å². The third-order valence-electron chi connectivity index (χ3n) is 5.93. The summed E-state index contributed by atoms with van der Waals surface area (Å²) in [6.07, 6.45) is 2.41. The molecule has 3 heterocycles. The van der Waals surface area contributed by atoms with Crippen molar-refractivity contribution < 1.29 is 23.4 Å². The molecule has 0 N–H and O–H groups in total. The summed E-state index contributed by atoms with van der Waals surface area (Å²) in [4.78, 5) is 15.2. The third kappa shape index (κ3) is 3.75. The number of benzene rings is 2. The van der Waals surface area contributed by atoms with Gasteiger partial charge in [0.2, 0.25) is 0 Å². The fourth-order valence-corrected chi connectivity index (χ4v) is 4.35. The van der Waals surface area contributed by atoms with Gasteiger partial charge in [-0.05, 0) is 49.2 Å². The topological polar surface area (TPSA) is 70.4 Å². The molecule has 0 saturated carbocycles. The lowest BCUT2D eigenvalue weighted by molar-refractivity contribution is 0.0281. The van der Waals surface area contributed by atoms with Crippen molar-refractivity contribution in [2.24, 2.45) is 0 Å². The van der Waals surface area contributed by atoms with Crippen molar-refractivity contribution >= 4 is 11.0 Å². The molecule has 0 amide bonds. The summed E-state index contributed by atoms with van der Waals surface area (Å²) >= 11 is 0. The van der Waals surface area contributed by atoms with Gasteiger partial charge in [-0.25, -0.2) is 4.79 Å². The first kappa shape index (κ1) is 19.9. The predicted molar refractivity (Wildman–Crippen MR) is 116 cm³/mol. The second-order valence-electron chi connectivity index (χ2n) is 7.89. The molecule has 162 valence electrons. The second-order valence-corrected chi connectivity index (χ2v) is 7.89. The Balaban J connectivity index is 1.54. The van der Waals surface area contributed by atoms with Crippen molar-refractivity contribution in [3.05, 3.63) is 52.4 Å². The van der Waals surface area contributed by atoms with Crippen LogP contribution < -0.4 is 19.8 Å². The van der Waals surface area contributed by atoms with Gasteiger partial charge >= 0.3 is 5.63 Å². The van der Waals surface area contributed by atoms with E-state index in [1.165, 1.54) is 0 Å². The SMILES string of the molecule is COc1ccc(OC)c(-c2cc3ccc4c(c3oc2=O)CN(CC2CCCO2)CO4)c1. The van der Waals surface area contributed by atoms with E-state index in [-0.39, 0.29) is 6.10 Å². The molecule has 3 aromatic rings. The lowest BCUT2D eigenvalue weighted by Crippen LogP contribution is -2.37. The molecule has 0 aliphatic carbocycles. The average molecular weight is 423 g/mol. The zero-order valence-corrected chi connectivity index (χ0v) is 17.7. The molecule has 1 saturated heterocycles. The zero-order chi connectivity index (χ0) is 21.4. The molecule has 1 atom stereocenters. The largest absolute Gasteiger partial charge is 0.497 e. The Kier molecular flexibility index (Phi) is 5.29. The minimum absolute atomic E-state index is 0.235. The number of ether oxygens (including phenoxy) is 4. The van der Waals surface area contributed by atoms with Crippen molar-refractivity contribution in [3.63, 3.8) is 0 Å². The molecule has 0 bridgehead atoms. The van der Waals surface area contributed by atoms with Crippen LogP contribution in [0.4, 0.5) is 0 Å². The second kappa shape index (κ2) is 8.24. The van der Waals surface area contributed by atoms with E-state index in [4.69, 9.17) is 23.4 Å². The van der Waals surface area contributed by atoms with Crippen LogP contribution in [0.3, 0.4) is 0 Å². The van der Waals surface area contributed by atoms with Crippen LogP contribution in [0, 0.1) is 0 Å². The summed E-state index contributed by atoms with van der Waals surface area (Å²) in [6, 6.07) is 11.1. The molecular formula is C24H25NO6. The Hall–Kier alpha value is -3.03. The molecule has 0 spiro atoms. The molecule has 1 unspecified atom stereocenters. The van der Waals surface area contributed by atoms with Crippen molar-refractivity contribution in [1.82, 2.24) is 4.90 Å². The van der Waals surface area contributed by atoms with Crippen LogP contribution in [0.1, 0.15) is 18.4 Å². The van der Waals surface area contributed by atoms with Crippen LogP contribution in [-0.4, -0.2) is 45.1 Å². The summed E-state index contributed by atoms with van der Waals surface area (Å²) in [5, 5.41) is 0.834. The van der Waals surface area contributed by atoms with Gasteiger partial charge in [-0.1, -0.05) is 0 Å². The van der Waals surface area contributed by atoms with Gasteiger partial charge in [0, 0.05) is 30.6 Å². The van der Waals surface area contributed by atoms with Crippen molar-refractivity contribution in [3.8, 4) is 28.4 Å². The van der Waals surface area contributed by atoms with Gasteiger partial charge in [0.1, 0.15) is 29.6 Å². The summed E-state index contributed by atoms with van der Waals surface area (Å²) in [6.45, 7) is 2.78. The Morgan fingerprint density at radius 3 is 2.77 bits per heavy atom. The monoisotopic (exact) mass is 423 g/mol. The number of fused-ring (bicyclic) bond motifs is 3. The molecule has 2 aromatic carbocycles. The van der Waals surface area contributed by atoms with E-state index in [0.717, 1.165) is 42.7 Å². The third-order valence-corrected chi connectivity index (χ3v) is 5.93. The van der Waals surface area contributed by atoms with Crippen molar-refractivity contribution in [1.29, 1.82) is 0 Å². The van der Waals surface area contributed by atoms with E-state index in [2.05, 4.69) is 4.90 Å². The highest BCUT2D eigenvalue weighted by atomic mass is 16.5. The first-order chi connectivity index (χ1) is 15.2. The fraction of sp³-hybridized carbons (Fsp3) is 0.375. The van der Waals surface area contributed by atoms with Crippen LogP contribution in [-0.2, 0) is 11.3 Å². The summed E-state index contributed by atoms with van der Waals surface area (Å²) in [7, 11) is 3.16. The molecule has 7 nitrogen and oxygen atoms in total. The van der Waals surface area contributed by atoms with Gasteiger partial charge in [-0.2, -0.15) is 0 Å². The Morgan fingerprint density at radius 2 is 2.00 bits per heavy atom. The summed E-state index contributed by atoms with van der Waals surface area (Å²) < 4.78 is 28.3. The van der Waals surface area contributed by atoms with E-state index in [1.807, 2.05) is 18.2 Å². The lowest BCUT2D eigenvalue weighted by Gasteiger charge is -2.30. The standard InChI is InChI=1S/C24H25NO6/c1-27-16-6-8-21(28-2)18(11-16)19-10-15-5-7-22-20(23(15)31-24(19)26)13-25(14-30-22)12-17-4-3-9-29-17/h5-8,10-11,17H,3-4,9,12-14H2,1-2H3. The van der Waals surface area contributed by atoms with Crippen LogP contribution in [0.5, 0.6) is 17.2 Å². The van der Waals surface area contributed by atoms with Gasteiger partial charge in [0.05, 0.1) is 31.5 Å². The van der Waals surface area contributed by atoms with E-state index >= 15 is 0 Å². The molecular weight excluding hydrogens is 398 g/mol. The highest BCUT2D eigenvalue weighted by molar-refractivity contribution is 5.87. The summed E-state index contributed by atoms with van der Waals surface area (Å²) in [5.74, 6) is 1.97. The predicted octanol–water partition coefficient (Wildman–Crippen LogP) is 3.81. The summed E-state index contributed by atoms with van der Waals surface area (Å²) in [5.41, 5.74) is 2.08. The van der Waals surface area contributed by atoms with E-state index in [0.29, 0.717) is 41.5 Å². The number of rotatable bonds is 5. The smallest absolute Gasteiger partial charge is 0.344 e. The van der Waals surface area contributed by atoms with Gasteiger partial charge in [-0.3, -0.25) is 4.90 Å². The minimum Gasteiger partial charge on any atom is -0.497 e. The quantitative estimate of drug-likeness (QED) is 0.578. The van der Waals surface area contributed by atoms with Crippen LogP contribution in [0.25, 0.3) is 22.1 Å². The first-order valence-electron chi connectivity index (χ1n) is 10.4. The number of hydrogen-bond donors (Lipinski definition) is 0. The number of methoxy groups -OCH3 is 2. The van der Waals surface area contributed by atoms with Crippen LogP contribution in [0.2, 0.25) is 0 Å². The first-order valence-corrected chi connectivity index (χ1v) is 10.4. The molecule has 2 aliphatic rings. The van der Waals surface area contributed by atoms with E-state index in [9.17, 15) is 4.79 Å². The molecule has 5 rings (SSSR count). The molecule has 1 fully saturated rings. The molecule has 0 radical (unpaired) electrons. The molecule has 31 heavy (non-hydrogen) atoms. The average Bonchev–Trinajstić information content (AvgIpc) is 3.31. The van der Waals surface area contributed by atoms with Crippen LogP contribution >= 0.6 is 0 Å². The maximum absolute atomic E-state index is 13.0. The normalized spacial score (nSPS) is 18.6. The number of nitrogens with zero attached hydrogens (tertiary/aromatic N) is 1. The molecule has 1 aromatic heterocycles. The van der Waals surface area contributed by atoms with Gasteiger partial charge in [-0.15, -0.1) is 0 Å². The minimum atomic E-state index is -0.427. The zero-order valence-electron chi connectivity index (χ0n) is 17.7. The maximum Gasteiger partial charge on any atom is 0.344 e. The van der Waals surface area contributed by atoms with E-state index in [1.54, 1.807) is 32.4 Å². The highest BCUT2D eigenvalue weighted by Crippen LogP contribution is 2.36. The van der Waals surface area contributed by atoms with Gasteiger partial charge in [0.15, 0.2) is 0 Å². The lowest BCUT2D eigenvalue weighted by atomic mass is 10.0. The maximum atomic E-state index is 13.0. The highest BCUT2D eigenvalue weighted by Gasteiger charge is 2.26. The van der Waals surface area contributed by atoms with Gasteiger partial charge < -0.3 is 23.4 Å². The van der Waals surface area contributed by atoms with E-state index < -0.39 is 5.63 Å². The Labute approximate surface area is 180 Å². The Bertz CT molecular complexity index is 1160. The Morgan fingerprint density at radius 1 is 1.10 bits per heavy atom.